The van der Waals surface area contributed by atoms with E-state index in [0.29, 0.717) is 30.5 Å². The predicted octanol–water partition coefficient (Wildman–Crippen LogP) is 2.57. The van der Waals surface area contributed by atoms with E-state index >= 15 is 0 Å². The average Bonchev–Trinajstić information content (AvgIpc) is 3.14. The number of nitrogens with one attached hydrogen (secondary N) is 2. The highest BCUT2D eigenvalue weighted by atomic mass is 32.2. The number of phenols is 1. The van der Waals surface area contributed by atoms with Gasteiger partial charge in [-0.05, 0) is 56.9 Å². The number of aromatic nitrogens is 2. The number of H-pyrrole nitrogens is 1. The van der Waals surface area contributed by atoms with E-state index in [4.69, 9.17) is 0 Å². The van der Waals surface area contributed by atoms with Gasteiger partial charge in [0.25, 0.3) is 5.91 Å². The molecule has 0 unspecified atom stereocenters. The number of imidazole rings is 1. The molecular weight excluding hydrogens is 376 g/mol. The van der Waals surface area contributed by atoms with Crippen molar-refractivity contribution in [3.8, 4) is 5.75 Å². The van der Waals surface area contributed by atoms with Crippen LogP contribution in [0.5, 0.6) is 5.75 Å². The fraction of sp³-hybridized carbons (Fsp3) is 0.450. The summed E-state index contributed by atoms with van der Waals surface area (Å²) in [6, 6.07) is 6.91. The molecule has 2 aromatic rings. The number of aromatic hydroxyl groups is 1. The first-order valence-corrected chi connectivity index (χ1v) is 10.4. The molecule has 0 aliphatic carbocycles. The summed E-state index contributed by atoms with van der Waals surface area (Å²) < 4.78 is 0. The zero-order valence-electron chi connectivity index (χ0n) is 16.1. The molecule has 1 fully saturated rings. The second kappa shape index (κ2) is 9.14. The van der Waals surface area contributed by atoms with Gasteiger partial charge in [0.05, 0.1) is 11.9 Å². The summed E-state index contributed by atoms with van der Waals surface area (Å²) in [4.78, 5) is 34.6. The first-order valence-electron chi connectivity index (χ1n) is 9.44. The Bertz CT molecular complexity index is 813. The fourth-order valence-corrected chi connectivity index (χ4v) is 4.17. The van der Waals surface area contributed by atoms with E-state index in [1.165, 1.54) is 11.8 Å². The summed E-state index contributed by atoms with van der Waals surface area (Å²) in [5.74, 6) is 1.66. The van der Waals surface area contributed by atoms with Crippen molar-refractivity contribution in [2.24, 2.45) is 5.92 Å². The number of aryl methyl sites for hydroxylation is 1. The van der Waals surface area contributed by atoms with Crippen molar-refractivity contribution in [3.05, 3.63) is 42.0 Å². The van der Waals surface area contributed by atoms with E-state index in [-0.39, 0.29) is 23.6 Å². The minimum absolute atomic E-state index is 0.0414. The van der Waals surface area contributed by atoms with Crippen molar-refractivity contribution in [3.63, 3.8) is 0 Å². The SMILES string of the molecule is Cc1ncc(C(=O)N[C@H](C)C2CCN(C(=O)CSc3ccc(O)cc3)CC2)[nH]1. The molecule has 1 atom stereocenters. The molecular formula is C20H26N4O3S. The van der Waals surface area contributed by atoms with Crippen molar-refractivity contribution in [2.45, 2.75) is 37.6 Å². The van der Waals surface area contributed by atoms with Crippen LogP contribution in [0.25, 0.3) is 0 Å². The molecule has 3 rings (SSSR count). The molecule has 0 bridgehead atoms. The first kappa shape index (κ1) is 20.3. The molecule has 0 saturated carbocycles. The Morgan fingerprint density at radius 3 is 2.61 bits per heavy atom. The Balaban J connectivity index is 1.42. The molecule has 0 spiro atoms. The lowest BCUT2D eigenvalue weighted by Crippen LogP contribution is -2.46. The number of piperidine rings is 1. The molecule has 2 heterocycles. The summed E-state index contributed by atoms with van der Waals surface area (Å²) in [7, 11) is 0. The highest BCUT2D eigenvalue weighted by Crippen LogP contribution is 2.24. The van der Waals surface area contributed by atoms with Crippen LogP contribution in [0.15, 0.2) is 35.4 Å². The van der Waals surface area contributed by atoms with Gasteiger partial charge < -0.3 is 20.3 Å². The normalized spacial score (nSPS) is 16.0. The van der Waals surface area contributed by atoms with Crippen LogP contribution in [0.4, 0.5) is 0 Å². The van der Waals surface area contributed by atoms with Crippen LogP contribution < -0.4 is 5.32 Å². The van der Waals surface area contributed by atoms with Crippen LogP contribution in [-0.2, 0) is 4.79 Å². The fourth-order valence-electron chi connectivity index (χ4n) is 3.37. The molecule has 3 N–H and O–H groups in total. The lowest BCUT2D eigenvalue weighted by atomic mass is 9.90. The molecule has 7 nitrogen and oxygen atoms in total. The summed E-state index contributed by atoms with van der Waals surface area (Å²) in [6.45, 7) is 5.25. The largest absolute Gasteiger partial charge is 0.508 e. The van der Waals surface area contributed by atoms with Crippen molar-refractivity contribution in [2.75, 3.05) is 18.8 Å². The standard InChI is InChI=1S/C20H26N4O3S/c1-13(22-20(27)18-11-21-14(2)23-18)15-7-9-24(10-8-15)19(26)12-28-17-5-3-16(25)4-6-17/h3-6,11,13,15,25H,7-10,12H2,1-2H3,(H,21,23)(H,22,27)/t13-/m1/s1. The second-order valence-electron chi connectivity index (χ2n) is 7.15. The van der Waals surface area contributed by atoms with E-state index in [0.717, 1.165) is 23.6 Å². The van der Waals surface area contributed by atoms with Gasteiger partial charge in [0.2, 0.25) is 5.91 Å². The van der Waals surface area contributed by atoms with Gasteiger partial charge in [-0.1, -0.05) is 0 Å². The Kier molecular flexibility index (Phi) is 6.61. The highest BCUT2D eigenvalue weighted by Gasteiger charge is 2.27. The van der Waals surface area contributed by atoms with E-state index in [9.17, 15) is 14.7 Å². The number of thioether (sulfide) groups is 1. The number of rotatable bonds is 6. The molecule has 1 aromatic carbocycles. The quantitative estimate of drug-likeness (QED) is 0.645. The Hall–Kier alpha value is -2.48. The van der Waals surface area contributed by atoms with Crippen LogP contribution in [-0.4, -0.2) is 56.7 Å². The number of amides is 2. The van der Waals surface area contributed by atoms with Crippen LogP contribution in [0.2, 0.25) is 0 Å². The van der Waals surface area contributed by atoms with E-state index in [1.807, 2.05) is 30.9 Å². The minimum atomic E-state index is -0.142. The third-order valence-electron chi connectivity index (χ3n) is 5.10. The molecule has 150 valence electrons. The lowest BCUT2D eigenvalue weighted by molar-refractivity contribution is -0.129. The monoisotopic (exact) mass is 402 g/mol. The molecule has 0 radical (unpaired) electrons. The van der Waals surface area contributed by atoms with Crippen LogP contribution in [0, 0.1) is 12.8 Å². The van der Waals surface area contributed by atoms with E-state index in [1.54, 1.807) is 18.3 Å². The third kappa shape index (κ3) is 5.28. The number of hydrogen-bond donors (Lipinski definition) is 3. The maximum absolute atomic E-state index is 12.5. The summed E-state index contributed by atoms with van der Waals surface area (Å²) in [5.41, 5.74) is 0.475. The zero-order chi connectivity index (χ0) is 20.1. The molecule has 1 aliphatic rings. The van der Waals surface area contributed by atoms with E-state index in [2.05, 4.69) is 15.3 Å². The predicted molar refractivity (Wildman–Crippen MR) is 108 cm³/mol. The highest BCUT2D eigenvalue weighted by molar-refractivity contribution is 8.00. The lowest BCUT2D eigenvalue weighted by Gasteiger charge is -2.35. The second-order valence-corrected chi connectivity index (χ2v) is 8.19. The van der Waals surface area contributed by atoms with Gasteiger partial charge in [0, 0.05) is 24.0 Å². The van der Waals surface area contributed by atoms with Gasteiger partial charge in [-0.25, -0.2) is 4.98 Å². The minimum Gasteiger partial charge on any atom is -0.508 e. The Labute approximate surface area is 168 Å². The number of carbonyl (C=O) groups is 2. The van der Waals surface area contributed by atoms with Crippen molar-refractivity contribution in [1.29, 1.82) is 0 Å². The van der Waals surface area contributed by atoms with Crippen LogP contribution >= 0.6 is 11.8 Å². The number of likely N-dealkylation sites (tertiary alicyclic amines) is 1. The van der Waals surface area contributed by atoms with Crippen LogP contribution in [0.1, 0.15) is 36.1 Å². The first-order chi connectivity index (χ1) is 13.4. The van der Waals surface area contributed by atoms with E-state index < -0.39 is 0 Å². The maximum atomic E-state index is 12.5. The van der Waals surface area contributed by atoms with Crippen molar-refractivity contribution in [1.82, 2.24) is 20.2 Å². The van der Waals surface area contributed by atoms with Gasteiger partial charge in [0.15, 0.2) is 0 Å². The molecule has 28 heavy (non-hydrogen) atoms. The number of benzene rings is 1. The van der Waals surface area contributed by atoms with Crippen molar-refractivity contribution >= 4 is 23.6 Å². The number of phenolic OH excluding ortho intramolecular Hbond substituents is 1. The molecule has 1 aromatic heterocycles. The summed E-state index contributed by atoms with van der Waals surface area (Å²) in [6.07, 6.45) is 3.29. The maximum Gasteiger partial charge on any atom is 0.269 e. The number of nitrogens with zero attached hydrogens (tertiary/aromatic N) is 2. The topological polar surface area (TPSA) is 98.3 Å². The molecule has 1 saturated heterocycles. The Morgan fingerprint density at radius 2 is 2.00 bits per heavy atom. The number of hydrogen-bond acceptors (Lipinski definition) is 5. The van der Waals surface area contributed by atoms with Gasteiger partial charge in [0.1, 0.15) is 17.3 Å². The third-order valence-corrected chi connectivity index (χ3v) is 6.10. The van der Waals surface area contributed by atoms with Gasteiger partial charge in [-0.2, -0.15) is 0 Å². The summed E-state index contributed by atoms with van der Waals surface area (Å²) >= 11 is 1.48. The number of aromatic amines is 1. The Morgan fingerprint density at radius 1 is 1.32 bits per heavy atom. The summed E-state index contributed by atoms with van der Waals surface area (Å²) in [5, 5.41) is 12.3. The van der Waals surface area contributed by atoms with Gasteiger partial charge >= 0.3 is 0 Å². The van der Waals surface area contributed by atoms with Gasteiger partial charge in [-0.15, -0.1) is 11.8 Å². The number of carbonyl (C=O) groups excluding carboxylic acids is 2. The van der Waals surface area contributed by atoms with Crippen molar-refractivity contribution < 1.29 is 14.7 Å². The zero-order valence-corrected chi connectivity index (χ0v) is 17.0. The molecule has 2 amide bonds. The molecule has 8 heteroatoms. The van der Waals surface area contributed by atoms with Gasteiger partial charge in [-0.3, -0.25) is 9.59 Å². The van der Waals surface area contributed by atoms with Crippen LogP contribution in [0.3, 0.4) is 0 Å². The smallest absolute Gasteiger partial charge is 0.269 e. The molecule has 1 aliphatic heterocycles. The average molecular weight is 403 g/mol.